The molecule has 0 aliphatic rings. The second-order valence-electron chi connectivity index (χ2n) is 6.39. The second-order valence-corrected chi connectivity index (χ2v) is 6.39. The molecule has 1 amide bonds. The minimum atomic E-state index is -4.75. The Morgan fingerprint density at radius 3 is 2.34 bits per heavy atom. The fourth-order valence-corrected chi connectivity index (χ4v) is 2.70. The predicted molar refractivity (Wildman–Crippen MR) is 110 cm³/mol. The molecule has 11 heteroatoms. The SMILES string of the molecule is CC.CC(Cc1ccc(-c2ncn(-c3ccc(OC(F)(F)F)cc3)n2)cc1)C(=O)N=[N+]=N. The average Bonchev–Trinajstić information content (AvgIpc) is 3.25. The lowest BCUT2D eigenvalue weighted by atomic mass is 9.99. The van der Waals surface area contributed by atoms with E-state index in [0.29, 0.717) is 17.9 Å². The molecule has 1 unspecified atom stereocenters. The summed E-state index contributed by atoms with van der Waals surface area (Å²) in [5, 5.41) is 7.55. The number of halogens is 3. The van der Waals surface area contributed by atoms with Gasteiger partial charge in [0.15, 0.2) is 10.9 Å². The Kier molecular flexibility index (Phi) is 8.37. The first-order valence-electron chi connectivity index (χ1n) is 9.73. The van der Waals surface area contributed by atoms with Crippen LogP contribution in [0.15, 0.2) is 60.0 Å². The summed E-state index contributed by atoms with van der Waals surface area (Å²) in [7, 11) is 0. The number of hydrogen-bond donors (Lipinski definition) is 1. The molecule has 3 aromatic rings. The zero-order chi connectivity index (χ0) is 23.7. The van der Waals surface area contributed by atoms with Crippen LogP contribution >= 0.6 is 0 Å². The molecule has 2 aromatic carbocycles. The van der Waals surface area contributed by atoms with E-state index in [1.54, 1.807) is 19.1 Å². The molecule has 0 saturated carbocycles. The molecular weight excluding hydrogens is 425 g/mol. The Morgan fingerprint density at radius 1 is 1.16 bits per heavy atom. The van der Waals surface area contributed by atoms with Crippen LogP contribution in [-0.2, 0) is 11.2 Å². The van der Waals surface area contributed by atoms with Crippen molar-refractivity contribution in [3.05, 3.63) is 60.4 Å². The van der Waals surface area contributed by atoms with E-state index in [1.165, 1.54) is 35.3 Å². The first-order valence-corrected chi connectivity index (χ1v) is 9.73. The summed E-state index contributed by atoms with van der Waals surface area (Å²) in [4.78, 5) is 18.6. The number of nitrogens with zero attached hydrogens (tertiary/aromatic N) is 5. The largest absolute Gasteiger partial charge is 0.573 e. The van der Waals surface area contributed by atoms with Crippen LogP contribution in [-0.4, -0.2) is 27.0 Å². The number of amides is 1. The van der Waals surface area contributed by atoms with Gasteiger partial charge in [0, 0.05) is 11.5 Å². The smallest absolute Gasteiger partial charge is 0.406 e. The molecular formula is C21H22F3N6O2+. The molecule has 0 aliphatic carbocycles. The van der Waals surface area contributed by atoms with Crippen molar-refractivity contribution in [2.24, 2.45) is 11.0 Å². The predicted octanol–water partition coefficient (Wildman–Crippen LogP) is 5.11. The summed E-state index contributed by atoms with van der Waals surface area (Å²) in [6, 6.07) is 12.5. The molecule has 0 spiro atoms. The van der Waals surface area contributed by atoms with Gasteiger partial charge in [0.1, 0.15) is 17.6 Å². The molecule has 0 bridgehead atoms. The van der Waals surface area contributed by atoms with Gasteiger partial charge in [0.25, 0.3) is 0 Å². The summed E-state index contributed by atoms with van der Waals surface area (Å²) in [6.07, 6.45) is -2.84. The van der Waals surface area contributed by atoms with E-state index >= 15 is 0 Å². The Labute approximate surface area is 182 Å². The lowest BCUT2D eigenvalue weighted by Gasteiger charge is -2.09. The second kappa shape index (κ2) is 11.0. The van der Waals surface area contributed by atoms with Crippen molar-refractivity contribution in [3.63, 3.8) is 0 Å². The van der Waals surface area contributed by atoms with Crippen molar-refractivity contribution < 1.29 is 22.7 Å². The topological polar surface area (TPSA) is 107 Å². The number of rotatable bonds is 6. The van der Waals surface area contributed by atoms with Crippen LogP contribution in [0, 0.1) is 11.4 Å². The lowest BCUT2D eigenvalue weighted by molar-refractivity contribution is -0.274. The van der Waals surface area contributed by atoms with E-state index in [9.17, 15) is 18.0 Å². The molecule has 8 nitrogen and oxygen atoms in total. The maximum atomic E-state index is 12.2. The highest BCUT2D eigenvalue weighted by molar-refractivity contribution is 5.78. The Bertz CT molecular complexity index is 1070. The van der Waals surface area contributed by atoms with Crippen LogP contribution in [0.25, 0.3) is 17.1 Å². The number of benzene rings is 2. The van der Waals surface area contributed by atoms with E-state index in [2.05, 4.69) is 24.8 Å². The van der Waals surface area contributed by atoms with E-state index in [1.807, 2.05) is 26.0 Å². The van der Waals surface area contributed by atoms with E-state index < -0.39 is 18.2 Å². The number of nitrogens with one attached hydrogen (secondary N) is 1. The van der Waals surface area contributed by atoms with E-state index in [-0.39, 0.29) is 5.75 Å². The van der Waals surface area contributed by atoms with Gasteiger partial charge in [-0.2, -0.15) is 0 Å². The number of carbonyl (C=O) groups is 1. The molecule has 1 atom stereocenters. The molecule has 1 aromatic heterocycles. The zero-order valence-electron chi connectivity index (χ0n) is 17.7. The average molecular weight is 447 g/mol. The minimum Gasteiger partial charge on any atom is -0.406 e. The Morgan fingerprint density at radius 2 is 1.78 bits per heavy atom. The number of carbonyl (C=O) groups excluding carboxylic acids is 1. The van der Waals surface area contributed by atoms with Crippen molar-refractivity contribution in [1.29, 1.82) is 5.53 Å². The zero-order valence-corrected chi connectivity index (χ0v) is 17.7. The van der Waals surface area contributed by atoms with E-state index in [0.717, 1.165) is 11.1 Å². The van der Waals surface area contributed by atoms with Crippen molar-refractivity contribution >= 4 is 5.91 Å². The van der Waals surface area contributed by atoms with E-state index in [4.69, 9.17) is 5.53 Å². The first kappa shape index (κ1) is 24.4. The highest BCUT2D eigenvalue weighted by Gasteiger charge is 2.31. The molecule has 1 N–H and O–H groups in total. The van der Waals surface area contributed by atoms with Crippen molar-refractivity contribution in [2.75, 3.05) is 0 Å². The molecule has 0 saturated heterocycles. The highest BCUT2D eigenvalue weighted by Crippen LogP contribution is 2.24. The number of alkyl halides is 3. The highest BCUT2D eigenvalue weighted by atomic mass is 19.4. The Hall–Kier alpha value is -3.85. The number of hydrogen-bond acceptors (Lipinski definition) is 5. The van der Waals surface area contributed by atoms with Crippen molar-refractivity contribution in [3.8, 4) is 22.8 Å². The molecule has 0 radical (unpaired) electrons. The van der Waals surface area contributed by atoms with Gasteiger partial charge in [-0.25, -0.2) is 9.67 Å². The van der Waals surface area contributed by atoms with Gasteiger partial charge in [-0.05, 0) is 36.2 Å². The van der Waals surface area contributed by atoms with Gasteiger partial charge in [-0.15, -0.1) is 18.3 Å². The van der Waals surface area contributed by atoms with Crippen LogP contribution in [0.2, 0.25) is 0 Å². The van der Waals surface area contributed by atoms with Gasteiger partial charge < -0.3 is 4.74 Å². The van der Waals surface area contributed by atoms with Gasteiger partial charge >= 0.3 is 12.3 Å². The molecule has 0 aliphatic heterocycles. The third kappa shape index (κ3) is 6.85. The van der Waals surface area contributed by atoms with Gasteiger partial charge in [0.05, 0.1) is 5.69 Å². The number of aromatic nitrogens is 3. The maximum Gasteiger partial charge on any atom is 0.573 e. The van der Waals surface area contributed by atoms with Crippen LogP contribution in [0.5, 0.6) is 5.75 Å². The molecule has 32 heavy (non-hydrogen) atoms. The summed E-state index contributed by atoms with van der Waals surface area (Å²) in [6.45, 7) is 5.71. The van der Waals surface area contributed by atoms with Crippen LogP contribution in [0.1, 0.15) is 26.3 Å². The quantitative estimate of drug-likeness (QED) is 0.418. The minimum absolute atomic E-state index is 0.320. The summed E-state index contributed by atoms with van der Waals surface area (Å²) in [5.74, 6) is -0.740. The Balaban J connectivity index is 0.00000176. The lowest BCUT2D eigenvalue weighted by Crippen LogP contribution is -2.17. The summed E-state index contributed by atoms with van der Waals surface area (Å²) < 4.78 is 42.0. The van der Waals surface area contributed by atoms with Gasteiger partial charge in [-0.3, -0.25) is 4.79 Å². The molecule has 1 heterocycles. The maximum absolute atomic E-state index is 12.2. The molecule has 0 fully saturated rings. The molecule has 168 valence electrons. The fourth-order valence-electron chi connectivity index (χ4n) is 2.70. The van der Waals surface area contributed by atoms with Crippen LogP contribution < -0.4 is 9.65 Å². The van der Waals surface area contributed by atoms with Crippen molar-refractivity contribution in [1.82, 2.24) is 19.7 Å². The third-order valence-corrected chi connectivity index (χ3v) is 4.15. The summed E-state index contributed by atoms with van der Waals surface area (Å²) >= 11 is 0. The van der Waals surface area contributed by atoms with Gasteiger partial charge in [-0.1, -0.05) is 45.0 Å². The van der Waals surface area contributed by atoms with Crippen molar-refractivity contribution in [2.45, 2.75) is 33.6 Å². The van der Waals surface area contributed by atoms with Crippen LogP contribution in [0.3, 0.4) is 0 Å². The fraction of sp³-hybridized carbons (Fsp3) is 0.286. The first-order chi connectivity index (χ1) is 15.2. The number of ether oxygens (including phenoxy) is 1. The summed E-state index contributed by atoms with van der Waals surface area (Å²) in [5.41, 5.74) is 8.77. The third-order valence-electron chi connectivity index (χ3n) is 4.15. The normalized spacial score (nSPS) is 11.6. The van der Waals surface area contributed by atoms with Gasteiger partial charge in [0.2, 0.25) is 4.91 Å². The monoisotopic (exact) mass is 447 g/mol. The molecule has 3 rings (SSSR count). The van der Waals surface area contributed by atoms with Crippen LogP contribution in [0.4, 0.5) is 13.2 Å². The standard InChI is InChI=1S/C19H16F3N6O2.C2H6/c1-12(18(29)25-27-23)10-13-2-4-14(5-3-13)17-24-11-28(26-17)15-6-8-16(9-7-15)30-19(20,21)22;1-2/h2-9,11-12,23H,10H2,1H3;1-2H3/q+1;.